The van der Waals surface area contributed by atoms with Gasteiger partial charge in [-0.1, -0.05) is 12.1 Å². The van der Waals surface area contributed by atoms with E-state index in [0.29, 0.717) is 10.7 Å². The van der Waals surface area contributed by atoms with Crippen LogP contribution in [-0.2, 0) is 4.79 Å². The number of amides is 1. The first kappa shape index (κ1) is 22.5. The maximum atomic E-state index is 12.1. The van der Waals surface area contributed by atoms with Crippen LogP contribution in [0.3, 0.4) is 0 Å². The van der Waals surface area contributed by atoms with E-state index in [1.54, 1.807) is 19.2 Å². The molecule has 0 bridgehead atoms. The molecule has 0 aliphatic carbocycles. The Bertz CT molecular complexity index is 1180. The number of aromatic nitrogens is 1. The predicted octanol–water partition coefficient (Wildman–Crippen LogP) is 5.02. The van der Waals surface area contributed by atoms with Gasteiger partial charge in [-0.3, -0.25) is 20.2 Å². The number of carbonyl (C=O) groups excluding carboxylic acids is 1. The van der Waals surface area contributed by atoms with Crippen LogP contribution in [0.25, 0.3) is 17.3 Å². The molecular weight excluding hydrogens is 504 g/mol. The van der Waals surface area contributed by atoms with Crippen molar-refractivity contribution >= 4 is 67.4 Å². The van der Waals surface area contributed by atoms with Gasteiger partial charge in [0.2, 0.25) is 5.91 Å². The summed E-state index contributed by atoms with van der Waals surface area (Å²) >= 11 is 9.94. The molecule has 0 fully saturated rings. The minimum absolute atomic E-state index is 0.0526. The Balaban J connectivity index is 1.58. The summed E-state index contributed by atoms with van der Waals surface area (Å²) in [6.07, 6.45) is 2.71. The van der Waals surface area contributed by atoms with E-state index in [9.17, 15) is 14.9 Å². The van der Waals surface area contributed by atoms with E-state index in [4.69, 9.17) is 17.0 Å². The number of halogens is 1. The number of ether oxygens (including phenoxy) is 1. The average molecular weight is 519 g/mol. The number of nitrogens with one attached hydrogen (secondary N) is 2. The number of hydrogen-bond acceptors (Lipinski definition) is 7. The highest BCUT2D eigenvalue weighted by Crippen LogP contribution is 2.32. The summed E-state index contributed by atoms with van der Waals surface area (Å²) in [5.41, 5.74) is 2.11. The van der Waals surface area contributed by atoms with Gasteiger partial charge in [0.1, 0.15) is 5.75 Å². The summed E-state index contributed by atoms with van der Waals surface area (Å²) in [6.45, 7) is 0. The van der Waals surface area contributed by atoms with Crippen LogP contribution in [0.4, 0.5) is 10.8 Å². The first-order valence-electron chi connectivity index (χ1n) is 8.69. The van der Waals surface area contributed by atoms with Gasteiger partial charge in [0.25, 0.3) is 5.69 Å². The molecule has 0 radical (unpaired) electrons. The summed E-state index contributed by atoms with van der Waals surface area (Å²) in [6, 6.07) is 11.6. The number of nitrogens with zero attached hydrogens (tertiary/aromatic N) is 2. The monoisotopic (exact) mass is 518 g/mol. The first-order chi connectivity index (χ1) is 14.9. The van der Waals surface area contributed by atoms with Crippen molar-refractivity contribution in [3.05, 3.63) is 74.1 Å². The van der Waals surface area contributed by atoms with Crippen molar-refractivity contribution in [2.24, 2.45) is 0 Å². The summed E-state index contributed by atoms with van der Waals surface area (Å²) < 4.78 is 6.04. The number of rotatable bonds is 6. The van der Waals surface area contributed by atoms with Crippen molar-refractivity contribution in [1.29, 1.82) is 0 Å². The van der Waals surface area contributed by atoms with E-state index >= 15 is 0 Å². The molecule has 0 aliphatic rings. The Kier molecular flexibility index (Phi) is 7.45. The molecule has 0 saturated heterocycles. The van der Waals surface area contributed by atoms with Crippen molar-refractivity contribution in [3.63, 3.8) is 0 Å². The van der Waals surface area contributed by atoms with Crippen molar-refractivity contribution in [3.8, 4) is 17.0 Å². The Morgan fingerprint density at radius 1 is 1.32 bits per heavy atom. The molecule has 3 rings (SSSR count). The van der Waals surface area contributed by atoms with Crippen LogP contribution >= 0.6 is 39.5 Å². The van der Waals surface area contributed by atoms with Gasteiger partial charge in [-0.25, -0.2) is 4.98 Å². The van der Waals surface area contributed by atoms with Crippen LogP contribution in [0.1, 0.15) is 5.56 Å². The van der Waals surface area contributed by atoms with E-state index in [1.165, 1.54) is 35.6 Å². The number of anilines is 1. The standard InChI is InChI=1S/C20H15BrN4O4S2/c1-29-17-7-6-13(10-15(17)21)16-11-31-20(22-16)24-19(30)23-18(26)8-5-12-3-2-4-14(9-12)25(27)28/h2-11H,1H3,(H2,22,23,24,26,30). The van der Waals surface area contributed by atoms with Crippen LogP contribution in [0, 0.1) is 10.1 Å². The number of thiocarbonyl (C=S) groups is 1. The van der Waals surface area contributed by atoms with Crippen molar-refractivity contribution < 1.29 is 14.5 Å². The molecule has 31 heavy (non-hydrogen) atoms. The molecule has 2 aromatic carbocycles. The Morgan fingerprint density at radius 2 is 2.13 bits per heavy atom. The topological polar surface area (TPSA) is 106 Å². The minimum Gasteiger partial charge on any atom is -0.496 e. The zero-order valence-corrected chi connectivity index (χ0v) is 19.2. The fourth-order valence-corrected chi connectivity index (χ4v) is 4.01. The predicted molar refractivity (Wildman–Crippen MR) is 128 cm³/mol. The molecule has 11 heteroatoms. The number of hydrogen-bond donors (Lipinski definition) is 2. The van der Waals surface area contributed by atoms with Gasteiger partial charge < -0.3 is 10.1 Å². The number of methoxy groups -OCH3 is 1. The Morgan fingerprint density at radius 3 is 2.84 bits per heavy atom. The lowest BCUT2D eigenvalue weighted by molar-refractivity contribution is -0.384. The molecule has 2 N–H and O–H groups in total. The van der Waals surface area contributed by atoms with Crippen LogP contribution in [0.2, 0.25) is 0 Å². The van der Waals surface area contributed by atoms with Gasteiger partial charge >= 0.3 is 0 Å². The minimum atomic E-state index is -0.497. The SMILES string of the molecule is COc1ccc(-c2csc(NC(=S)NC(=O)C=Cc3cccc([N+](=O)[O-])c3)n2)cc1Br. The Labute approximate surface area is 195 Å². The van der Waals surface area contributed by atoms with Crippen LogP contribution in [-0.4, -0.2) is 28.0 Å². The first-order valence-corrected chi connectivity index (χ1v) is 10.8. The van der Waals surface area contributed by atoms with Crippen LogP contribution in [0.5, 0.6) is 5.75 Å². The molecule has 0 unspecified atom stereocenters. The highest BCUT2D eigenvalue weighted by Gasteiger charge is 2.10. The third-order valence-corrected chi connectivity index (χ3v) is 5.50. The molecule has 0 atom stereocenters. The lowest BCUT2D eigenvalue weighted by atomic mass is 10.2. The van der Waals surface area contributed by atoms with E-state index in [0.717, 1.165) is 21.5 Å². The second kappa shape index (κ2) is 10.2. The molecule has 8 nitrogen and oxygen atoms in total. The third-order valence-electron chi connectivity index (χ3n) is 3.92. The fourth-order valence-electron chi connectivity index (χ4n) is 2.49. The zero-order valence-electron chi connectivity index (χ0n) is 16.0. The lowest BCUT2D eigenvalue weighted by Crippen LogP contribution is -2.32. The van der Waals surface area contributed by atoms with Gasteiger partial charge in [0, 0.05) is 29.2 Å². The lowest BCUT2D eigenvalue weighted by Gasteiger charge is -2.05. The van der Waals surface area contributed by atoms with Gasteiger partial charge in [-0.15, -0.1) is 11.3 Å². The van der Waals surface area contributed by atoms with Crippen molar-refractivity contribution in [2.75, 3.05) is 12.4 Å². The van der Waals surface area contributed by atoms with Crippen molar-refractivity contribution in [2.45, 2.75) is 0 Å². The number of benzene rings is 2. The molecule has 1 heterocycles. The number of non-ortho nitro benzene ring substituents is 1. The summed E-state index contributed by atoms with van der Waals surface area (Å²) in [5, 5.41) is 18.7. The van der Waals surface area contributed by atoms with Crippen molar-refractivity contribution in [1.82, 2.24) is 10.3 Å². The number of nitro groups is 1. The van der Waals surface area contributed by atoms with Gasteiger partial charge in [-0.2, -0.15) is 0 Å². The molecule has 1 aromatic heterocycles. The second-order valence-electron chi connectivity index (χ2n) is 6.02. The van der Waals surface area contributed by atoms with Gasteiger partial charge in [0.05, 0.1) is 22.2 Å². The highest BCUT2D eigenvalue weighted by atomic mass is 79.9. The normalized spacial score (nSPS) is 10.6. The summed E-state index contributed by atoms with van der Waals surface area (Å²) in [7, 11) is 1.60. The van der Waals surface area contributed by atoms with Gasteiger partial charge in [0.15, 0.2) is 10.2 Å². The largest absolute Gasteiger partial charge is 0.496 e. The fraction of sp³-hybridized carbons (Fsp3) is 0.0500. The molecule has 158 valence electrons. The van der Waals surface area contributed by atoms with E-state index in [1.807, 2.05) is 23.6 Å². The van der Waals surface area contributed by atoms with Gasteiger partial charge in [-0.05, 0) is 58.0 Å². The molecule has 1 amide bonds. The molecule has 3 aromatic rings. The molecular formula is C20H15BrN4O4S2. The van der Waals surface area contributed by atoms with Crippen LogP contribution in [0.15, 0.2) is 58.4 Å². The summed E-state index contributed by atoms with van der Waals surface area (Å²) in [4.78, 5) is 26.9. The maximum Gasteiger partial charge on any atom is 0.270 e. The number of thiazole rings is 1. The summed E-state index contributed by atoms with van der Waals surface area (Å²) in [5.74, 6) is 0.249. The second-order valence-corrected chi connectivity index (χ2v) is 8.14. The number of nitro benzene ring substituents is 1. The third kappa shape index (κ3) is 6.17. The molecule has 0 saturated carbocycles. The van der Waals surface area contributed by atoms with E-state index in [2.05, 4.69) is 31.5 Å². The quantitative estimate of drug-likeness (QED) is 0.204. The highest BCUT2D eigenvalue weighted by molar-refractivity contribution is 9.10. The van der Waals surface area contributed by atoms with Crippen LogP contribution < -0.4 is 15.4 Å². The zero-order chi connectivity index (χ0) is 22.4. The molecule has 0 spiro atoms. The maximum absolute atomic E-state index is 12.1. The average Bonchev–Trinajstić information content (AvgIpc) is 3.20. The van der Waals surface area contributed by atoms with E-state index in [-0.39, 0.29) is 10.8 Å². The van der Waals surface area contributed by atoms with E-state index < -0.39 is 10.8 Å². The smallest absolute Gasteiger partial charge is 0.270 e. The number of carbonyl (C=O) groups is 1. The Hall–Kier alpha value is -3.15. The molecule has 0 aliphatic heterocycles.